The summed E-state index contributed by atoms with van der Waals surface area (Å²) in [6.45, 7) is 1.62. The number of nitrogens with one attached hydrogen (secondary N) is 2. The minimum atomic E-state index is -2.94. The normalized spacial score (nSPS) is 21.5. The second-order valence-electron chi connectivity index (χ2n) is 7.30. The third-order valence-electron chi connectivity index (χ3n) is 5.00. The van der Waals surface area contributed by atoms with E-state index in [1.165, 1.54) is 6.26 Å². The Kier molecular flexibility index (Phi) is 5.48. The van der Waals surface area contributed by atoms with Crippen molar-refractivity contribution in [2.45, 2.75) is 31.3 Å². The highest BCUT2D eigenvalue weighted by atomic mass is 32.2. The number of sulfone groups is 1. The van der Waals surface area contributed by atoms with Crippen molar-refractivity contribution in [3.05, 3.63) is 30.0 Å². The van der Waals surface area contributed by atoms with E-state index in [4.69, 9.17) is 9.73 Å². The summed E-state index contributed by atoms with van der Waals surface area (Å²) >= 11 is 1.70. The summed E-state index contributed by atoms with van der Waals surface area (Å²) in [7, 11) is -2.94. The number of hydrogen-bond donors (Lipinski definition) is 2. The molecule has 3 heterocycles. The molecule has 4 rings (SSSR count). The maximum Gasteiger partial charge on any atom is 0.147 e. The van der Waals surface area contributed by atoms with E-state index in [0.717, 1.165) is 59.1 Å². The van der Waals surface area contributed by atoms with Gasteiger partial charge in [0.15, 0.2) is 0 Å². The quantitative estimate of drug-likeness (QED) is 0.769. The van der Waals surface area contributed by atoms with Crippen LogP contribution >= 0.6 is 11.8 Å². The zero-order valence-corrected chi connectivity index (χ0v) is 17.0. The highest BCUT2D eigenvalue weighted by Gasteiger charge is 2.22. The Morgan fingerprint density at radius 1 is 1.33 bits per heavy atom. The topological polar surface area (TPSA) is 83.5 Å². The van der Waals surface area contributed by atoms with Crippen LogP contribution in [0.3, 0.4) is 0 Å². The molecule has 0 spiro atoms. The molecule has 0 bridgehead atoms. The van der Waals surface area contributed by atoms with Crippen LogP contribution in [0.2, 0.25) is 0 Å². The van der Waals surface area contributed by atoms with E-state index < -0.39 is 9.84 Å². The predicted molar refractivity (Wildman–Crippen MR) is 113 cm³/mol. The molecule has 8 heteroatoms. The summed E-state index contributed by atoms with van der Waals surface area (Å²) < 4.78 is 28.2. The van der Waals surface area contributed by atoms with Crippen LogP contribution in [0, 0.1) is 0 Å². The highest BCUT2D eigenvalue weighted by Crippen LogP contribution is 2.30. The number of aliphatic imine (C=N–C) groups is 1. The van der Waals surface area contributed by atoms with E-state index in [1.807, 2.05) is 0 Å². The molecule has 1 saturated heterocycles. The summed E-state index contributed by atoms with van der Waals surface area (Å²) in [5, 5.41) is 5.78. The zero-order chi connectivity index (χ0) is 18.9. The Balaban J connectivity index is 1.52. The van der Waals surface area contributed by atoms with Crippen LogP contribution in [0.1, 0.15) is 25.0 Å². The first-order valence-electron chi connectivity index (χ1n) is 9.33. The molecule has 2 N–H and O–H groups in total. The number of hydrogen-bond acceptors (Lipinski definition) is 6. The first-order chi connectivity index (χ1) is 13.0. The molecule has 1 aromatic carbocycles. The van der Waals surface area contributed by atoms with Crippen molar-refractivity contribution in [1.29, 1.82) is 0 Å². The molecule has 1 atom stereocenters. The molecule has 2 aromatic rings. The Bertz CT molecular complexity index is 946. The Morgan fingerprint density at radius 2 is 2.15 bits per heavy atom. The molecule has 0 radical (unpaired) electrons. The standard InChI is InChI=1S/C19H25N3O3S2/c1-27(23,24)10-7-15-12-26-19(21-15)17-11-13-3-2-4-16(18(13)22-17)20-14-5-8-25-9-6-14/h2-4,11,14-15,20,22H,5-10,12H2,1H3/t15-/m1/s1. The molecule has 2 aliphatic heterocycles. The summed E-state index contributed by atoms with van der Waals surface area (Å²) in [6, 6.07) is 8.93. The Hall–Kier alpha value is -1.51. The zero-order valence-electron chi connectivity index (χ0n) is 15.4. The van der Waals surface area contributed by atoms with Gasteiger partial charge in [-0.1, -0.05) is 12.1 Å². The van der Waals surface area contributed by atoms with E-state index in [9.17, 15) is 8.42 Å². The van der Waals surface area contributed by atoms with E-state index in [0.29, 0.717) is 12.5 Å². The third-order valence-corrected chi connectivity index (χ3v) is 7.13. The molecule has 0 aliphatic carbocycles. The third kappa shape index (κ3) is 4.67. The highest BCUT2D eigenvalue weighted by molar-refractivity contribution is 8.14. The molecule has 0 unspecified atom stereocenters. The van der Waals surface area contributed by atoms with Gasteiger partial charge in [0.05, 0.1) is 28.7 Å². The van der Waals surface area contributed by atoms with Gasteiger partial charge >= 0.3 is 0 Å². The number of fused-ring (bicyclic) bond motifs is 1. The van der Waals surface area contributed by atoms with Gasteiger partial charge in [0, 0.05) is 36.7 Å². The molecule has 0 amide bonds. The Labute approximate surface area is 164 Å². The second kappa shape index (κ2) is 7.85. The van der Waals surface area contributed by atoms with Crippen LogP contribution in [0.15, 0.2) is 29.3 Å². The number of ether oxygens (including phenoxy) is 1. The molecular weight excluding hydrogens is 382 g/mol. The first kappa shape index (κ1) is 18.8. The lowest BCUT2D eigenvalue weighted by molar-refractivity contribution is 0.0905. The largest absolute Gasteiger partial charge is 0.381 e. The van der Waals surface area contributed by atoms with Crippen molar-refractivity contribution >= 4 is 43.2 Å². The SMILES string of the molecule is CS(=O)(=O)CC[C@@H]1CSC(c2cc3cccc(NC4CCOCC4)c3[nH]2)=N1. The number of thioether (sulfide) groups is 1. The lowest BCUT2D eigenvalue weighted by Crippen LogP contribution is -2.27. The van der Waals surface area contributed by atoms with Crippen LogP contribution in [0.4, 0.5) is 5.69 Å². The van der Waals surface area contributed by atoms with Gasteiger partial charge < -0.3 is 15.0 Å². The van der Waals surface area contributed by atoms with E-state index in [-0.39, 0.29) is 11.8 Å². The van der Waals surface area contributed by atoms with Crippen LogP contribution in [0.25, 0.3) is 10.9 Å². The van der Waals surface area contributed by atoms with Gasteiger partial charge in [-0.15, -0.1) is 11.8 Å². The molecule has 0 saturated carbocycles. The van der Waals surface area contributed by atoms with E-state index in [1.54, 1.807) is 11.8 Å². The Morgan fingerprint density at radius 3 is 2.93 bits per heavy atom. The van der Waals surface area contributed by atoms with Gasteiger partial charge in [0.25, 0.3) is 0 Å². The minimum Gasteiger partial charge on any atom is -0.381 e. The summed E-state index contributed by atoms with van der Waals surface area (Å²) in [4.78, 5) is 8.27. The molecule has 1 fully saturated rings. The molecule has 1 aromatic heterocycles. The second-order valence-corrected chi connectivity index (χ2v) is 10.6. The summed E-state index contributed by atoms with van der Waals surface area (Å²) in [5.74, 6) is 1.04. The average Bonchev–Trinajstić information content (AvgIpc) is 3.27. The number of benzene rings is 1. The number of para-hydroxylation sites is 1. The maximum atomic E-state index is 11.4. The molecular formula is C19H25N3O3S2. The predicted octanol–water partition coefficient (Wildman–Crippen LogP) is 3.06. The van der Waals surface area contributed by atoms with Gasteiger partial charge in [-0.3, -0.25) is 4.99 Å². The van der Waals surface area contributed by atoms with Crippen molar-refractivity contribution in [2.75, 3.05) is 36.3 Å². The average molecular weight is 408 g/mol. The smallest absolute Gasteiger partial charge is 0.147 e. The fourth-order valence-corrected chi connectivity index (χ4v) is 5.30. The number of rotatable bonds is 6. The number of anilines is 1. The first-order valence-corrected chi connectivity index (χ1v) is 12.4. The van der Waals surface area contributed by atoms with Gasteiger partial charge in [0.1, 0.15) is 14.9 Å². The number of aromatic amines is 1. The van der Waals surface area contributed by atoms with E-state index >= 15 is 0 Å². The molecule has 2 aliphatic rings. The van der Waals surface area contributed by atoms with Crippen LogP contribution in [-0.2, 0) is 14.6 Å². The van der Waals surface area contributed by atoms with Crippen LogP contribution in [-0.4, -0.2) is 61.5 Å². The van der Waals surface area contributed by atoms with Gasteiger partial charge in [-0.05, 0) is 31.4 Å². The number of nitrogens with zero attached hydrogens (tertiary/aromatic N) is 1. The lowest BCUT2D eigenvalue weighted by atomic mass is 10.1. The molecule has 6 nitrogen and oxygen atoms in total. The van der Waals surface area contributed by atoms with Gasteiger partial charge in [0.2, 0.25) is 0 Å². The van der Waals surface area contributed by atoms with Crippen molar-refractivity contribution in [2.24, 2.45) is 4.99 Å². The lowest BCUT2D eigenvalue weighted by Gasteiger charge is -2.24. The molecule has 146 valence electrons. The molecule has 27 heavy (non-hydrogen) atoms. The fraction of sp³-hybridized carbons (Fsp3) is 0.526. The van der Waals surface area contributed by atoms with Crippen molar-refractivity contribution in [3.63, 3.8) is 0 Å². The fourth-order valence-electron chi connectivity index (χ4n) is 3.51. The van der Waals surface area contributed by atoms with Gasteiger partial charge in [-0.2, -0.15) is 0 Å². The summed E-state index contributed by atoms with van der Waals surface area (Å²) in [5.41, 5.74) is 3.22. The minimum absolute atomic E-state index is 0.0750. The number of H-pyrrole nitrogens is 1. The monoisotopic (exact) mass is 407 g/mol. The van der Waals surface area contributed by atoms with Crippen molar-refractivity contribution in [3.8, 4) is 0 Å². The summed E-state index contributed by atoms with van der Waals surface area (Å²) in [6.07, 6.45) is 3.92. The van der Waals surface area contributed by atoms with Crippen LogP contribution < -0.4 is 5.32 Å². The van der Waals surface area contributed by atoms with Crippen LogP contribution in [0.5, 0.6) is 0 Å². The maximum absolute atomic E-state index is 11.4. The number of aromatic nitrogens is 1. The van der Waals surface area contributed by atoms with Crippen molar-refractivity contribution < 1.29 is 13.2 Å². The van der Waals surface area contributed by atoms with E-state index in [2.05, 4.69) is 34.6 Å². The van der Waals surface area contributed by atoms with Crippen molar-refractivity contribution in [1.82, 2.24) is 4.98 Å². The van der Waals surface area contributed by atoms with Gasteiger partial charge in [-0.25, -0.2) is 8.42 Å².